The Morgan fingerprint density at radius 1 is 0.304 bits per heavy atom. The minimum absolute atomic E-state index is 0.0511. The predicted octanol–water partition coefficient (Wildman–Crippen LogP) is 13.2. The summed E-state index contributed by atoms with van der Waals surface area (Å²) < 4.78 is 88.2. The molecule has 7 aromatic rings. The Morgan fingerprint density at radius 3 is 0.928 bits per heavy atom. The molecule has 0 N–H and O–H groups in total. The van der Waals surface area contributed by atoms with Gasteiger partial charge in [0.05, 0.1) is 52.9 Å². The van der Waals surface area contributed by atoms with Crippen molar-refractivity contribution in [3.05, 3.63) is 263 Å². The van der Waals surface area contributed by atoms with Gasteiger partial charge in [-0.1, -0.05) is 212 Å². The van der Waals surface area contributed by atoms with E-state index in [0.717, 1.165) is 38.9 Å². The second-order valence-corrected chi connectivity index (χ2v) is 19.5. The van der Waals surface area contributed by atoms with E-state index in [1.54, 1.807) is 6.08 Å². The van der Waals surface area contributed by atoms with Gasteiger partial charge in [0.25, 0.3) is 0 Å². The summed E-state index contributed by atoms with van der Waals surface area (Å²) >= 11 is 0. The van der Waals surface area contributed by atoms with Crippen LogP contribution in [0.5, 0.6) is 0 Å². The molecule has 0 saturated heterocycles. The van der Waals surface area contributed by atoms with Crippen LogP contribution in [0.4, 0.5) is 0 Å². The maximum atomic E-state index is 15.3. The predicted molar refractivity (Wildman–Crippen MR) is 264 cm³/mol. The number of rotatable bonds is 26. The second kappa shape index (κ2) is 25.8. The number of ether oxygens (including phenoxy) is 3. The maximum Gasteiger partial charge on any atom is 0.476 e. The van der Waals surface area contributed by atoms with E-state index in [1.807, 2.05) is 212 Å². The number of benzene rings is 7. The molecule has 0 saturated carbocycles. The van der Waals surface area contributed by atoms with Crippen LogP contribution in [0.25, 0.3) is 0 Å². The van der Waals surface area contributed by atoms with Crippen molar-refractivity contribution in [1.29, 1.82) is 0 Å². The molecule has 0 unspecified atom stereocenters. The van der Waals surface area contributed by atoms with Gasteiger partial charge in [-0.25, -0.2) is 9.13 Å². The van der Waals surface area contributed by atoms with Gasteiger partial charge in [0, 0.05) is 0 Å². The summed E-state index contributed by atoms with van der Waals surface area (Å²) in [6.45, 7) is -0.146. The van der Waals surface area contributed by atoms with E-state index in [9.17, 15) is 4.57 Å². The summed E-state index contributed by atoms with van der Waals surface area (Å²) in [6, 6.07) is 66.6. The van der Waals surface area contributed by atoms with E-state index in [-0.39, 0.29) is 52.9 Å². The molecular weight excluding hydrogens is 911 g/mol. The number of hydrogen-bond acceptors (Lipinski definition) is 11. The Kier molecular flexibility index (Phi) is 18.6. The summed E-state index contributed by atoms with van der Waals surface area (Å²) in [5.74, 6) is 0. The largest absolute Gasteiger partial charge is 0.476 e. The lowest BCUT2D eigenvalue weighted by Crippen LogP contribution is -2.53. The van der Waals surface area contributed by atoms with Gasteiger partial charge in [0.2, 0.25) is 0 Å². The third-order valence-corrected chi connectivity index (χ3v) is 13.8. The minimum atomic E-state index is -4.47. The Bertz CT molecular complexity index is 2590. The van der Waals surface area contributed by atoms with Gasteiger partial charge in [-0.15, -0.1) is 0 Å². The summed E-state index contributed by atoms with van der Waals surface area (Å²) in [5.41, 5.74) is 6.18. The SMILES string of the molecule is O=P(OCC1=C[C@H](OP(=O)(OCc2ccccc2)OCc2ccccc2)[C@H](OCc2ccccc2)[C@@H](OCc2ccccc2)[C@@H]1OCc1ccccc1)(OCc1ccccc1)OCc1ccccc1. The number of phosphoric ester groups is 2. The van der Waals surface area contributed by atoms with Crippen molar-refractivity contribution in [2.75, 3.05) is 6.61 Å². The molecule has 0 spiro atoms. The Balaban J connectivity index is 1.19. The molecule has 0 aliphatic heterocycles. The standard InChI is InChI=1S/C56H56O11P2/c57-68(62-40-48-28-14-4-15-29-48,63-41-49-30-16-5-17-31-49)66-44-52-36-53(67-69(58,64-42-50-32-18-6-19-33-50)65-43-51-34-20-7-21-35-51)55(60-38-46-24-10-2-11-25-46)56(61-39-47-26-12-3-13-27-47)54(52)59-37-45-22-8-1-9-23-45/h1-36,53-56H,37-44H2/t53-,54+,55-,56-/m0/s1. The molecule has 0 fully saturated rings. The van der Waals surface area contributed by atoms with E-state index in [2.05, 4.69) is 0 Å². The first-order chi connectivity index (χ1) is 33.9. The zero-order valence-electron chi connectivity index (χ0n) is 38.1. The number of hydrogen-bond donors (Lipinski definition) is 0. The fourth-order valence-corrected chi connectivity index (χ4v) is 9.92. The fourth-order valence-electron chi connectivity index (χ4n) is 7.48. The van der Waals surface area contributed by atoms with Gasteiger partial charge in [-0.2, -0.15) is 0 Å². The molecule has 13 heteroatoms. The highest BCUT2D eigenvalue weighted by atomic mass is 31.2. The van der Waals surface area contributed by atoms with E-state index < -0.39 is 40.1 Å². The van der Waals surface area contributed by atoms with Gasteiger partial charge in [0.1, 0.15) is 24.4 Å². The zero-order chi connectivity index (χ0) is 47.4. The third kappa shape index (κ3) is 15.7. The normalized spacial score (nSPS) is 17.3. The Hall–Kier alpha value is -5.62. The van der Waals surface area contributed by atoms with Crippen LogP contribution in [0.15, 0.2) is 224 Å². The van der Waals surface area contributed by atoms with Crippen molar-refractivity contribution in [3.8, 4) is 0 Å². The summed E-state index contributed by atoms with van der Waals surface area (Å²) in [6.07, 6.45) is -2.28. The minimum Gasteiger partial charge on any atom is -0.368 e. The second-order valence-electron chi connectivity index (χ2n) is 16.3. The maximum absolute atomic E-state index is 15.3. The first kappa shape index (κ1) is 49.8. The van der Waals surface area contributed by atoms with Crippen molar-refractivity contribution in [3.63, 3.8) is 0 Å². The molecule has 356 valence electrons. The first-order valence-corrected chi connectivity index (χ1v) is 25.7. The van der Waals surface area contributed by atoms with E-state index in [1.165, 1.54) is 0 Å². The van der Waals surface area contributed by atoms with Gasteiger partial charge >= 0.3 is 15.6 Å². The monoisotopic (exact) mass is 966 g/mol. The van der Waals surface area contributed by atoms with Crippen LogP contribution < -0.4 is 0 Å². The first-order valence-electron chi connectivity index (χ1n) is 22.8. The molecule has 4 atom stereocenters. The molecule has 0 amide bonds. The van der Waals surface area contributed by atoms with Crippen LogP contribution in [0.1, 0.15) is 38.9 Å². The van der Waals surface area contributed by atoms with Crippen molar-refractivity contribution in [2.24, 2.45) is 0 Å². The molecule has 0 bridgehead atoms. The van der Waals surface area contributed by atoms with E-state index >= 15 is 4.57 Å². The average Bonchev–Trinajstić information content (AvgIpc) is 3.41. The van der Waals surface area contributed by atoms with Crippen molar-refractivity contribution in [1.82, 2.24) is 0 Å². The Labute approximate surface area is 404 Å². The third-order valence-electron chi connectivity index (χ3n) is 11.1. The molecule has 0 aromatic heterocycles. The van der Waals surface area contributed by atoms with Crippen molar-refractivity contribution < 1.29 is 50.5 Å². The molecular formula is C56H56O11P2. The number of phosphoric acid groups is 2. The average molecular weight is 967 g/mol. The molecule has 11 nitrogen and oxygen atoms in total. The van der Waals surface area contributed by atoms with Crippen LogP contribution in [0.3, 0.4) is 0 Å². The lowest BCUT2D eigenvalue weighted by molar-refractivity contribution is -0.171. The van der Waals surface area contributed by atoms with E-state index in [0.29, 0.717) is 5.57 Å². The summed E-state index contributed by atoms with van der Waals surface area (Å²) in [5, 5.41) is 0. The van der Waals surface area contributed by atoms with Gasteiger partial charge in [-0.05, 0) is 50.6 Å². The molecule has 0 radical (unpaired) electrons. The van der Waals surface area contributed by atoms with Crippen LogP contribution in [-0.4, -0.2) is 31.0 Å². The topological polar surface area (TPSA) is 117 Å². The van der Waals surface area contributed by atoms with Crippen LogP contribution >= 0.6 is 15.6 Å². The summed E-state index contributed by atoms with van der Waals surface area (Å²) in [7, 11) is -8.81. The molecule has 69 heavy (non-hydrogen) atoms. The molecule has 1 aliphatic carbocycles. The highest BCUT2D eigenvalue weighted by Crippen LogP contribution is 2.55. The summed E-state index contributed by atoms with van der Waals surface area (Å²) in [4.78, 5) is 0. The fraction of sp³-hybridized carbons (Fsp3) is 0.214. The molecule has 8 rings (SSSR count). The van der Waals surface area contributed by atoms with Gasteiger partial charge < -0.3 is 14.2 Å². The molecule has 1 aliphatic rings. The smallest absolute Gasteiger partial charge is 0.368 e. The lowest BCUT2D eigenvalue weighted by atomic mass is 9.89. The van der Waals surface area contributed by atoms with Crippen LogP contribution in [0, 0.1) is 0 Å². The molecule has 0 heterocycles. The van der Waals surface area contributed by atoms with Crippen LogP contribution in [0.2, 0.25) is 0 Å². The quantitative estimate of drug-likeness (QED) is 0.0381. The highest BCUT2D eigenvalue weighted by molar-refractivity contribution is 7.48. The lowest BCUT2D eigenvalue weighted by Gasteiger charge is -2.42. The van der Waals surface area contributed by atoms with Gasteiger partial charge in [0.15, 0.2) is 0 Å². The van der Waals surface area contributed by atoms with Crippen molar-refractivity contribution in [2.45, 2.75) is 70.7 Å². The molecule has 7 aromatic carbocycles. The van der Waals surface area contributed by atoms with E-state index in [4.69, 9.17) is 41.4 Å². The van der Waals surface area contributed by atoms with Crippen molar-refractivity contribution >= 4 is 15.6 Å². The van der Waals surface area contributed by atoms with Crippen LogP contribution in [-0.2, 0) is 96.7 Å². The van der Waals surface area contributed by atoms with Gasteiger partial charge in [-0.3, -0.25) is 27.1 Å². The zero-order valence-corrected chi connectivity index (χ0v) is 39.9. The Morgan fingerprint density at radius 2 is 0.580 bits per heavy atom. The highest BCUT2D eigenvalue weighted by Gasteiger charge is 2.47.